The van der Waals surface area contributed by atoms with E-state index in [0.29, 0.717) is 0 Å². The zero-order valence-corrected chi connectivity index (χ0v) is 9.62. The van der Waals surface area contributed by atoms with E-state index >= 15 is 0 Å². The van der Waals surface area contributed by atoms with E-state index in [1.807, 2.05) is 0 Å². The molecule has 0 aromatic heterocycles. The van der Waals surface area contributed by atoms with Crippen molar-refractivity contribution in [3.05, 3.63) is 35.9 Å². The maximum atomic E-state index is 2.26. The molecule has 15 heavy (non-hydrogen) atoms. The molecule has 1 aromatic carbocycles. The summed E-state index contributed by atoms with van der Waals surface area (Å²) >= 11 is 0. The van der Waals surface area contributed by atoms with Crippen molar-refractivity contribution < 1.29 is 0 Å². The molecular weight excluding hydrogens is 180 g/mol. The monoisotopic (exact) mass is 202 g/mol. The molecule has 0 atom stereocenters. The van der Waals surface area contributed by atoms with Gasteiger partial charge in [0.05, 0.1) is 0 Å². The van der Waals surface area contributed by atoms with Gasteiger partial charge in [-0.05, 0) is 24.3 Å². The molecule has 0 saturated heterocycles. The lowest BCUT2D eigenvalue weighted by Crippen LogP contribution is -2.00. The molecule has 0 heterocycles. The van der Waals surface area contributed by atoms with Crippen LogP contribution in [0.25, 0.3) is 0 Å². The van der Waals surface area contributed by atoms with Crippen LogP contribution >= 0.6 is 0 Å². The number of aryl methyl sites for hydroxylation is 1. The number of hydrogen-bond donors (Lipinski definition) is 0. The lowest BCUT2D eigenvalue weighted by molar-refractivity contribution is 0.428. The maximum Gasteiger partial charge on any atom is -0.0276 e. The van der Waals surface area contributed by atoms with Crippen molar-refractivity contribution in [3.8, 4) is 0 Å². The second kappa shape index (κ2) is 5.95. The fourth-order valence-electron chi connectivity index (χ4n) is 2.67. The molecule has 0 amide bonds. The summed E-state index contributed by atoms with van der Waals surface area (Å²) in [5, 5.41) is 0. The van der Waals surface area contributed by atoms with Crippen LogP contribution in [0.2, 0.25) is 0 Å². The van der Waals surface area contributed by atoms with Crippen molar-refractivity contribution in [2.75, 3.05) is 0 Å². The van der Waals surface area contributed by atoms with Crippen LogP contribution in [0.4, 0.5) is 0 Å². The molecule has 1 saturated carbocycles. The highest BCUT2D eigenvalue weighted by atomic mass is 14.2. The van der Waals surface area contributed by atoms with Gasteiger partial charge in [-0.3, -0.25) is 0 Å². The molecule has 82 valence electrons. The molecule has 0 bridgehead atoms. The third-order valence-electron chi connectivity index (χ3n) is 3.66. The van der Waals surface area contributed by atoms with Gasteiger partial charge in [-0.2, -0.15) is 0 Å². The van der Waals surface area contributed by atoms with E-state index in [0.717, 1.165) is 5.92 Å². The summed E-state index contributed by atoms with van der Waals surface area (Å²) in [6.07, 6.45) is 11.5. The zero-order chi connectivity index (χ0) is 10.3. The minimum Gasteiger partial charge on any atom is -0.0622 e. The van der Waals surface area contributed by atoms with Gasteiger partial charge in [0.2, 0.25) is 0 Å². The largest absolute Gasteiger partial charge is 0.0622 e. The van der Waals surface area contributed by atoms with Crippen LogP contribution in [0.3, 0.4) is 0 Å². The molecule has 1 fully saturated rings. The molecule has 1 aliphatic rings. The van der Waals surface area contributed by atoms with Crippen LogP contribution in [0.1, 0.15) is 50.5 Å². The summed E-state index contributed by atoms with van der Waals surface area (Å²) in [5.74, 6) is 1.01. The van der Waals surface area contributed by atoms with Crippen LogP contribution in [-0.2, 0) is 6.42 Å². The van der Waals surface area contributed by atoms with Gasteiger partial charge in [0.15, 0.2) is 0 Å². The van der Waals surface area contributed by atoms with Crippen LogP contribution in [0.15, 0.2) is 30.3 Å². The summed E-state index contributed by atoms with van der Waals surface area (Å²) in [6.45, 7) is 0. The van der Waals surface area contributed by atoms with E-state index in [9.17, 15) is 0 Å². The Balaban J connectivity index is 1.77. The summed E-state index contributed by atoms with van der Waals surface area (Å²) < 4.78 is 0. The summed E-state index contributed by atoms with van der Waals surface area (Å²) in [7, 11) is 0. The summed E-state index contributed by atoms with van der Waals surface area (Å²) in [5.41, 5.74) is 1.52. The molecule has 0 heteroatoms. The minimum atomic E-state index is 1.01. The van der Waals surface area contributed by atoms with E-state index in [4.69, 9.17) is 0 Å². The summed E-state index contributed by atoms with van der Waals surface area (Å²) in [4.78, 5) is 0. The van der Waals surface area contributed by atoms with Crippen molar-refractivity contribution in [2.24, 2.45) is 5.92 Å². The average Bonchev–Trinajstić information content (AvgIpc) is 2.56. The van der Waals surface area contributed by atoms with E-state index in [1.165, 1.54) is 56.9 Å². The van der Waals surface area contributed by atoms with Gasteiger partial charge >= 0.3 is 0 Å². The van der Waals surface area contributed by atoms with Gasteiger partial charge in [-0.15, -0.1) is 0 Å². The van der Waals surface area contributed by atoms with Crippen molar-refractivity contribution in [1.82, 2.24) is 0 Å². The van der Waals surface area contributed by atoms with Gasteiger partial charge in [0, 0.05) is 0 Å². The fourth-order valence-corrected chi connectivity index (χ4v) is 2.67. The van der Waals surface area contributed by atoms with Gasteiger partial charge in [-0.1, -0.05) is 68.9 Å². The van der Waals surface area contributed by atoms with Crippen LogP contribution in [0.5, 0.6) is 0 Å². The smallest absolute Gasteiger partial charge is 0.0276 e. The quantitative estimate of drug-likeness (QED) is 0.629. The second-order valence-corrected chi connectivity index (χ2v) is 4.88. The topological polar surface area (TPSA) is 0 Å². The van der Waals surface area contributed by atoms with Crippen LogP contribution in [0, 0.1) is 5.92 Å². The highest BCUT2D eigenvalue weighted by Crippen LogP contribution is 2.26. The van der Waals surface area contributed by atoms with Crippen LogP contribution < -0.4 is 0 Å². The average molecular weight is 202 g/mol. The van der Waals surface area contributed by atoms with Crippen molar-refractivity contribution in [2.45, 2.75) is 51.4 Å². The zero-order valence-electron chi connectivity index (χ0n) is 9.62. The Morgan fingerprint density at radius 2 is 1.53 bits per heavy atom. The first-order chi connectivity index (χ1) is 7.45. The molecule has 0 radical (unpaired) electrons. The molecule has 0 N–H and O–H groups in total. The first kappa shape index (κ1) is 10.7. The Labute approximate surface area is 93.7 Å². The third-order valence-corrected chi connectivity index (χ3v) is 3.66. The third kappa shape index (κ3) is 3.70. The molecule has 0 spiro atoms. The molecule has 0 unspecified atom stereocenters. The Kier molecular flexibility index (Phi) is 4.25. The predicted molar refractivity (Wildman–Crippen MR) is 66.0 cm³/mol. The van der Waals surface area contributed by atoms with Gasteiger partial charge < -0.3 is 0 Å². The number of benzene rings is 1. The normalized spacial score (nSPS) is 18.7. The molecule has 0 aliphatic heterocycles. The first-order valence-electron chi connectivity index (χ1n) is 6.49. The van der Waals surface area contributed by atoms with E-state index in [-0.39, 0.29) is 0 Å². The minimum absolute atomic E-state index is 1.01. The fraction of sp³-hybridized carbons (Fsp3) is 0.600. The standard InChI is InChI=1S/C15H22/c1-2-5-9-14(8-4-1)12-13-15-10-6-3-7-11-15/h3,6-7,10-11,14H,1-2,4-5,8-9,12-13H2. The second-order valence-electron chi connectivity index (χ2n) is 4.88. The summed E-state index contributed by atoms with van der Waals surface area (Å²) in [6, 6.07) is 10.9. The molecule has 0 nitrogen and oxygen atoms in total. The Bertz CT molecular complexity index is 255. The van der Waals surface area contributed by atoms with Crippen molar-refractivity contribution in [3.63, 3.8) is 0 Å². The van der Waals surface area contributed by atoms with Gasteiger partial charge in [0.1, 0.15) is 0 Å². The Morgan fingerprint density at radius 3 is 2.20 bits per heavy atom. The lowest BCUT2D eigenvalue weighted by Gasteiger charge is -2.13. The number of rotatable bonds is 3. The lowest BCUT2D eigenvalue weighted by atomic mass is 9.93. The Morgan fingerprint density at radius 1 is 0.867 bits per heavy atom. The Hall–Kier alpha value is -0.780. The van der Waals surface area contributed by atoms with E-state index < -0.39 is 0 Å². The van der Waals surface area contributed by atoms with Crippen molar-refractivity contribution in [1.29, 1.82) is 0 Å². The van der Waals surface area contributed by atoms with Gasteiger partial charge in [-0.25, -0.2) is 0 Å². The molecule has 1 aromatic rings. The van der Waals surface area contributed by atoms with E-state index in [1.54, 1.807) is 0 Å². The molecule has 1 aliphatic carbocycles. The predicted octanol–water partition coefficient (Wildman–Crippen LogP) is 4.59. The van der Waals surface area contributed by atoms with Crippen molar-refractivity contribution >= 4 is 0 Å². The van der Waals surface area contributed by atoms with Crippen LogP contribution in [-0.4, -0.2) is 0 Å². The molecular formula is C15H22. The molecule has 2 rings (SSSR count). The maximum absolute atomic E-state index is 2.26. The highest BCUT2D eigenvalue weighted by Gasteiger charge is 2.11. The van der Waals surface area contributed by atoms with Gasteiger partial charge in [0.25, 0.3) is 0 Å². The first-order valence-corrected chi connectivity index (χ1v) is 6.49. The highest BCUT2D eigenvalue weighted by molar-refractivity contribution is 5.14. The van der Waals surface area contributed by atoms with E-state index in [2.05, 4.69) is 30.3 Å². The SMILES string of the molecule is c1ccc(CCC2CCCCCC2)cc1. The number of hydrogen-bond acceptors (Lipinski definition) is 0.